The molecule has 0 saturated carbocycles. The number of aromatic nitrogens is 2. The summed E-state index contributed by atoms with van der Waals surface area (Å²) in [4.78, 5) is 18.9. The molecule has 0 aromatic carbocycles. The first kappa shape index (κ1) is 12.7. The minimum atomic E-state index is -0.422. The minimum Gasteiger partial charge on any atom is -0.369 e. The van der Waals surface area contributed by atoms with Gasteiger partial charge >= 0.3 is 0 Å². The molecule has 0 fully saturated rings. The van der Waals surface area contributed by atoms with Crippen molar-refractivity contribution in [1.29, 1.82) is 0 Å². The van der Waals surface area contributed by atoms with Crippen molar-refractivity contribution < 1.29 is 9.53 Å². The van der Waals surface area contributed by atoms with Crippen LogP contribution in [0.25, 0.3) is 0 Å². The summed E-state index contributed by atoms with van der Waals surface area (Å²) in [6, 6.07) is -0.0783. The zero-order valence-corrected chi connectivity index (χ0v) is 9.99. The van der Waals surface area contributed by atoms with Crippen molar-refractivity contribution in [2.24, 2.45) is 0 Å². The Morgan fingerprint density at radius 1 is 1.62 bits per heavy atom. The number of nitrogens with zero attached hydrogens (tertiary/aromatic N) is 1. The highest BCUT2D eigenvalue weighted by Crippen LogP contribution is 2.11. The molecular formula is C11H19N3O2. The van der Waals surface area contributed by atoms with Crippen molar-refractivity contribution in [3.8, 4) is 0 Å². The number of amides is 1. The monoisotopic (exact) mass is 225 g/mol. The Bertz CT molecular complexity index is 311. The molecule has 0 saturated heterocycles. The van der Waals surface area contributed by atoms with Gasteiger partial charge in [-0.2, -0.15) is 0 Å². The molecule has 1 rings (SSSR count). The van der Waals surface area contributed by atoms with Crippen LogP contribution < -0.4 is 5.32 Å². The lowest BCUT2D eigenvalue weighted by molar-refractivity contribution is -0.132. The number of carbonyl (C=O) groups is 1. The van der Waals surface area contributed by atoms with Crippen LogP contribution in [0.1, 0.15) is 39.1 Å². The number of rotatable bonds is 6. The maximum absolute atomic E-state index is 11.7. The number of ether oxygens (including phenoxy) is 1. The zero-order valence-electron chi connectivity index (χ0n) is 9.99. The van der Waals surface area contributed by atoms with E-state index in [-0.39, 0.29) is 11.9 Å². The van der Waals surface area contributed by atoms with Gasteiger partial charge in [0.2, 0.25) is 5.91 Å². The van der Waals surface area contributed by atoms with Crippen LogP contribution in [-0.4, -0.2) is 28.6 Å². The van der Waals surface area contributed by atoms with Crippen molar-refractivity contribution in [1.82, 2.24) is 15.3 Å². The van der Waals surface area contributed by atoms with E-state index in [0.717, 1.165) is 12.2 Å². The number of hydrogen-bond donors (Lipinski definition) is 2. The Kier molecular flexibility index (Phi) is 4.98. The summed E-state index contributed by atoms with van der Waals surface area (Å²) in [5.74, 6) is 0.671. The van der Waals surface area contributed by atoms with E-state index in [1.54, 1.807) is 19.3 Å². The minimum absolute atomic E-state index is 0.0783. The highest BCUT2D eigenvalue weighted by atomic mass is 16.5. The third-order valence-electron chi connectivity index (χ3n) is 2.36. The average molecular weight is 225 g/mol. The molecule has 0 bridgehead atoms. The summed E-state index contributed by atoms with van der Waals surface area (Å²) in [6.45, 7) is 6.15. The molecule has 0 aliphatic heterocycles. The molecule has 2 N–H and O–H groups in total. The van der Waals surface area contributed by atoms with E-state index < -0.39 is 6.10 Å². The van der Waals surface area contributed by atoms with Gasteiger partial charge in [0.15, 0.2) is 0 Å². The summed E-state index contributed by atoms with van der Waals surface area (Å²) >= 11 is 0. The molecule has 0 radical (unpaired) electrons. The lowest BCUT2D eigenvalue weighted by Gasteiger charge is -2.18. The highest BCUT2D eigenvalue weighted by Gasteiger charge is 2.19. The van der Waals surface area contributed by atoms with Crippen LogP contribution in [0.5, 0.6) is 0 Å². The molecule has 2 atom stereocenters. The lowest BCUT2D eigenvalue weighted by Crippen LogP contribution is -2.37. The Labute approximate surface area is 95.6 Å². The van der Waals surface area contributed by atoms with Crippen molar-refractivity contribution in [3.63, 3.8) is 0 Å². The molecule has 5 heteroatoms. The van der Waals surface area contributed by atoms with Gasteiger partial charge in [-0.25, -0.2) is 4.98 Å². The second-order valence-corrected chi connectivity index (χ2v) is 3.54. The van der Waals surface area contributed by atoms with Crippen molar-refractivity contribution in [2.75, 3.05) is 6.61 Å². The summed E-state index contributed by atoms with van der Waals surface area (Å²) in [5.41, 5.74) is 0. The van der Waals surface area contributed by atoms with E-state index >= 15 is 0 Å². The van der Waals surface area contributed by atoms with E-state index in [9.17, 15) is 4.79 Å². The standard InChI is InChI=1S/C11H19N3O2/c1-4-9(10-12-6-7-13-10)14-11(15)8(3)16-5-2/h6-9H,4-5H2,1-3H3,(H,12,13)(H,14,15). The van der Waals surface area contributed by atoms with Crippen LogP contribution >= 0.6 is 0 Å². The van der Waals surface area contributed by atoms with Gasteiger partial charge in [0.25, 0.3) is 0 Å². The van der Waals surface area contributed by atoms with Gasteiger partial charge < -0.3 is 15.0 Å². The normalized spacial score (nSPS) is 14.4. The van der Waals surface area contributed by atoms with Crippen molar-refractivity contribution in [2.45, 2.75) is 39.3 Å². The van der Waals surface area contributed by atoms with Gasteiger partial charge in [0.1, 0.15) is 11.9 Å². The van der Waals surface area contributed by atoms with Crippen molar-refractivity contribution in [3.05, 3.63) is 18.2 Å². The number of H-pyrrole nitrogens is 1. The van der Waals surface area contributed by atoms with E-state index in [2.05, 4.69) is 15.3 Å². The molecule has 0 spiro atoms. The first-order valence-corrected chi connectivity index (χ1v) is 5.60. The molecule has 90 valence electrons. The molecule has 0 aliphatic carbocycles. The zero-order chi connectivity index (χ0) is 12.0. The SMILES string of the molecule is CCOC(C)C(=O)NC(CC)c1ncc[nH]1. The van der Waals surface area contributed by atoms with Gasteiger partial charge in [0.05, 0.1) is 6.04 Å². The Morgan fingerprint density at radius 3 is 2.88 bits per heavy atom. The number of nitrogens with one attached hydrogen (secondary N) is 2. The Morgan fingerprint density at radius 2 is 2.38 bits per heavy atom. The first-order chi connectivity index (χ1) is 7.69. The van der Waals surface area contributed by atoms with Crippen molar-refractivity contribution >= 4 is 5.91 Å². The van der Waals surface area contributed by atoms with E-state index in [0.29, 0.717) is 6.61 Å². The van der Waals surface area contributed by atoms with E-state index in [4.69, 9.17) is 4.74 Å². The Balaban J connectivity index is 2.54. The fourth-order valence-electron chi connectivity index (χ4n) is 1.45. The van der Waals surface area contributed by atoms with Crippen LogP contribution in [-0.2, 0) is 9.53 Å². The van der Waals surface area contributed by atoms with Crippen LogP contribution in [0.4, 0.5) is 0 Å². The van der Waals surface area contributed by atoms with Gasteiger partial charge in [-0.3, -0.25) is 4.79 Å². The third kappa shape index (κ3) is 3.34. The number of hydrogen-bond acceptors (Lipinski definition) is 3. The molecule has 5 nitrogen and oxygen atoms in total. The predicted octanol–water partition coefficient (Wildman–Crippen LogP) is 1.40. The van der Waals surface area contributed by atoms with Crippen LogP contribution in [0.2, 0.25) is 0 Å². The predicted molar refractivity (Wildman–Crippen MR) is 60.9 cm³/mol. The summed E-state index contributed by atoms with van der Waals surface area (Å²) in [7, 11) is 0. The second kappa shape index (κ2) is 6.27. The van der Waals surface area contributed by atoms with E-state index in [1.807, 2.05) is 13.8 Å². The smallest absolute Gasteiger partial charge is 0.249 e. The molecular weight excluding hydrogens is 206 g/mol. The number of imidazole rings is 1. The van der Waals surface area contributed by atoms with Gasteiger partial charge in [-0.15, -0.1) is 0 Å². The van der Waals surface area contributed by atoms with Crippen LogP contribution in [0.15, 0.2) is 12.4 Å². The number of carbonyl (C=O) groups excluding carboxylic acids is 1. The molecule has 16 heavy (non-hydrogen) atoms. The van der Waals surface area contributed by atoms with Gasteiger partial charge in [-0.05, 0) is 20.3 Å². The summed E-state index contributed by atoms with van der Waals surface area (Å²) in [5, 5.41) is 2.90. The molecule has 1 aromatic heterocycles. The topological polar surface area (TPSA) is 67.0 Å². The first-order valence-electron chi connectivity index (χ1n) is 5.60. The molecule has 0 aliphatic rings. The molecule has 2 unspecified atom stereocenters. The fraction of sp³-hybridized carbons (Fsp3) is 0.636. The largest absolute Gasteiger partial charge is 0.369 e. The summed E-state index contributed by atoms with van der Waals surface area (Å²) in [6.07, 6.45) is 3.79. The molecule has 1 aromatic rings. The number of aromatic amines is 1. The van der Waals surface area contributed by atoms with Gasteiger partial charge in [-0.1, -0.05) is 6.92 Å². The molecule has 1 heterocycles. The maximum atomic E-state index is 11.7. The van der Waals surface area contributed by atoms with Gasteiger partial charge in [0, 0.05) is 19.0 Å². The molecule has 1 amide bonds. The maximum Gasteiger partial charge on any atom is 0.249 e. The van der Waals surface area contributed by atoms with Crippen LogP contribution in [0, 0.1) is 0 Å². The third-order valence-corrected chi connectivity index (χ3v) is 2.36. The highest BCUT2D eigenvalue weighted by molar-refractivity contribution is 5.80. The Hall–Kier alpha value is -1.36. The van der Waals surface area contributed by atoms with Crippen LogP contribution in [0.3, 0.4) is 0 Å². The van der Waals surface area contributed by atoms with E-state index in [1.165, 1.54) is 0 Å². The quantitative estimate of drug-likeness (QED) is 0.769. The fourth-order valence-corrected chi connectivity index (χ4v) is 1.45. The summed E-state index contributed by atoms with van der Waals surface area (Å²) < 4.78 is 5.22. The average Bonchev–Trinajstić information content (AvgIpc) is 2.79. The second-order valence-electron chi connectivity index (χ2n) is 3.54. The lowest BCUT2D eigenvalue weighted by atomic mass is 10.2.